The molecule has 1 atom stereocenters. The third-order valence-corrected chi connectivity index (χ3v) is 4.45. The lowest BCUT2D eigenvalue weighted by atomic mass is 10.1. The first-order valence-electron chi connectivity index (χ1n) is 7.75. The van der Waals surface area contributed by atoms with Gasteiger partial charge in [0.1, 0.15) is 0 Å². The van der Waals surface area contributed by atoms with Crippen molar-refractivity contribution in [2.75, 3.05) is 36.8 Å². The van der Waals surface area contributed by atoms with Gasteiger partial charge < -0.3 is 21.3 Å². The Bertz CT molecular complexity index is 711. The summed E-state index contributed by atoms with van der Waals surface area (Å²) >= 11 is 6.13. The number of aromatic nitrogens is 3. The average molecular weight is 350 g/mol. The maximum absolute atomic E-state index is 12.5. The summed E-state index contributed by atoms with van der Waals surface area (Å²) in [5, 5.41) is 7.28. The van der Waals surface area contributed by atoms with Crippen LogP contribution in [0.1, 0.15) is 5.56 Å². The molecule has 8 nitrogen and oxygen atoms in total. The first-order chi connectivity index (χ1) is 11.5. The molecule has 1 saturated heterocycles. The zero-order chi connectivity index (χ0) is 17.1. The van der Waals surface area contributed by atoms with Crippen molar-refractivity contribution in [3.63, 3.8) is 0 Å². The van der Waals surface area contributed by atoms with E-state index in [1.165, 1.54) is 0 Å². The number of hydrogen-bond acceptors (Lipinski definition) is 6. The molecule has 5 N–H and O–H groups in total. The quantitative estimate of drug-likeness (QED) is 0.728. The molecule has 1 amide bonds. The summed E-state index contributed by atoms with van der Waals surface area (Å²) in [7, 11) is 0. The van der Waals surface area contributed by atoms with Gasteiger partial charge in [-0.05, 0) is 18.1 Å². The van der Waals surface area contributed by atoms with Gasteiger partial charge in [-0.15, -0.1) is 5.10 Å². The molecule has 1 aromatic carbocycles. The number of carbonyl (C=O) groups excluding carboxylic acids is 1. The van der Waals surface area contributed by atoms with Crippen molar-refractivity contribution in [3.8, 4) is 0 Å². The minimum absolute atomic E-state index is 0.0657. The summed E-state index contributed by atoms with van der Waals surface area (Å²) in [4.78, 5) is 20.4. The van der Waals surface area contributed by atoms with Crippen LogP contribution in [0, 0.1) is 0 Å². The van der Waals surface area contributed by atoms with Gasteiger partial charge >= 0.3 is 0 Å². The van der Waals surface area contributed by atoms with Crippen LogP contribution < -0.4 is 16.4 Å². The van der Waals surface area contributed by atoms with Crippen molar-refractivity contribution in [2.24, 2.45) is 5.73 Å². The largest absolute Gasteiger partial charge is 0.368 e. The molecule has 1 aliphatic heterocycles. The maximum Gasteiger partial charge on any atom is 0.246 e. The molecule has 9 heteroatoms. The number of halogens is 1. The Balaban J connectivity index is 1.55. The van der Waals surface area contributed by atoms with Gasteiger partial charge in [-0.25, -0.2) is 5.10 Å². The normalized spacial score (nSPS) is 16.2. The number of nitrogens with two attached hydrogens (primary N) is 2. The molecule has 0 bridgehead atoms. The molecule has 2 aromatic rings. The standard InChI is InChI=1S/C15H20ClN7O/c16-11-4-2-1-3-10(11)9-12(17)13(24)22-5-7-23(8-6-22)15-19-14(18)20-21-15/h1-4,12H,5-9,17H2,(H3,18,19,20,21). The number of nitrogens with one attached hydrogen (secondary N) is 1. The number of hydrogen-bond donors (Lipinski definition) is 3. The average Bonchev–Trinajstić information content (AvgIpc) is 3.03. The van der Waals surface area contributed by atoms with Gasteiger partial charge in [0.25, 0.3) is 0 Å². The first-order valence-corrected chi connectivity index (χ1v) is 8.13. The summed E-state index contributed by atoms with van der Waals surface area (Å²) in [6.45, 7) is 2.43. The van der Waals surface area contributed by atoms with Crippen LogP contribution in [0.15, 0.2) is 24.3 Å². The van der Waals surface area contributed by atoms with E-state index in [4.69, 9.17) is 23.1 Å². The van der Waals surface area contributed by atoms with Crippen molar-refractivity contribution in [1.82, 2.24) is 20.1 Å². The van der Waals surface area contributed by atoms with Crippen LogP contribution in [0.5, 0.6) is 0 Å². The number of H-pyrrole nitrogens is 1. The zero-order valence-electron chi connectivity index (χ0n) is 13.2. The summed E-state index contributed by atoms with van der Waals surface area (Å²) < 4.78 is 0. The fourth-order valence-corrected chi connectivity index (χ4v) is 2.97. The molecule has 1 aliphatic rings. The number of carbonyl (C=O) groups is 1. The van der Waals surface area contributed by atoms with E-state index in [-0.39, 0.29) is 11.9 Å². The van der Waals surface area contributed by atoms with Crippen LogP contribution in [0.4, 0.5) is 11.9 Å². The Morgan fingerprint density at radius 3 is 2.62 bits per heavy atom. The molecule has 1 aromatic heterocycles. The van der Waals surface area contributed by atoms with E-state index in [0.717, 1.165) is 5.56 Å². The third-order valence-electron chi connectivity index (χ3n) is 4.08. The van der Waals surface area contributed by atoms with E-state index in [0.29, 0.717) is 43.6 Å². The highest BCUT2D eigenvalue weighted by Crippen LogP contribution is 2.17. The predicted octanol–water partition coefficient (Wildman–Crippen LogP) is 0.259. The topological polar surface area (TPSA) is 117 Å². The van der Waals surface area contributed by atoms with Crippen LogP contribution >= 0.6 is 11.6 Å². The van der Waals surface area contributed by atoms with Crippen LogP contribution in [0.2, 0.25) is 5.02 Å². The molecule has 1 unspecified atom stereocenters. The fourth-order valence-electron chi connectivity index (χ4n) is 2.76. The van der Waals surface area contributed by atoms with E-state index in [1.54, 1.807) is 11.0 Å². The third kappa shape index (κ3) is 3.60. The summed E-state index contributed by atoms with van der Waals surface area (Å²) in [6, 6.07) is 6.83. The SMILES string of the molecule is Nc1nc(N2CCN(C(=O)C(N)Cc3ccccc3Cl)CC2)n[nH]1. The zero-order valence-corrected chi connectivity index (χ0v) is 13.9. The highest BCUT2D eigenvalue weighted by Gasteiger charge is 2.27. The fraction of sp³-hybridized carbons (Fsp3) is 0.400. The second-order valence-corrected chi connectivity index (χ2v) is 6.14. The van der Waals surface area contributed by atoms with Crippen LogP contribution in [-0.4, -0.2) is 58.2 Å². The first kappa shape index (κ1) is 16.5. The second-order valence-electron chi connectivity index (χ2n) is 5.74. The monoisotopic (exact) mass is 349 g/mol. The van der Waals surface area contributed by atoms with Gasteiger partial charge in [-0.3, -0.25) is 4.79 Å². The maximum atomic E-state index is 12.5. The molecule has 2 heterocycles. The number of benzene rings is 1. The lowest BCUT2D eigenvalue weighted by molar-refractivity contribution is -0.132. The van der Waals surface area contributed by atoms with Gasteiger partial charge in [0.15, 0.2) is 0 Å². The smallest absolute Gasteiger partial charge is 0.246 e. The number of anilines is 2. The van der Waals surface area contributed by atoms with E-state index in [9.17, 15) is 4.79 Å². The second kappa shape index (κ2) is 7.06. The molecule has 24 heavy (non-hydrogen) atoms. The predicted molar refractivity (Wildman–Crippen MR) is 92.7 cm³/mol. The van der Waals surface area contributed by atoms with Gasteiger partial charge in [0.05, 0.1) is 6.04 Å². The van der Waals surface area contributed by atoms with E-state index < -0.39 is 6.04 Å². The Hall–Kier alpha value is -2.32. The molecular formula is C15H20ClN7O. The van der Waals surface area contributed by atoms with E-state index in [2.05, 4.69) is 15.2 Å². The molecule has 0 aliphatic carbocycles. The van der Waals surface area contributed by atoms with Crippen LogP contribution in [0.3, 0.4) is 0 Å². The molecule has 128 valence electrons. The Morgan fingerprint density at radius 1 is 1.29 bits per heavy atom. The molecule has 1 fully saturated rings. The molecule has 3 rings (SSSR count). The number of nitrogen functional groups attached to an aromatic ring is 1. The van der Waals surface area contributed by atoms with Gasteiger partial charge in [0.2, 0.25) is 17.8 Å². The molecule has 0 spiro atoms. The summed E-state index contributed by atoms with van der Waals surface area (Å²) in [6.07, 6.45) is 0.427. The van der Waals surface area contributed by atoms with Gasteiger partial charge in [0, 0.05) is 31.2 Å². The molecule has 0 radical (unpaired) electrons. The lowest BCUT2D eigenvalue weighted by Gasteiger charge is -2.35. The van der Waals surface area contributed by atoms with Crippen LogP contribution in [-0.2, 0) is 11.2 Å². The molecular weight excluding hydrogens is 330 g/mol. The number of amides is 1. The Kier molecular flexibility index (Phi) is 4.86. The van der Waals surface area contributed by atoms with Crippen molar-refractivity contribution in [3.05, 3.63) is 34.9 Å². The van der Waals surface area contributed by atoms with Crippen molar-refractivity contribution in [1.29, 1.82) is 0 Å². The minimum atomic E-state index is -0.601. The van der Waals surface area contributed by atoms with Crippen LogP contribution in [0.25, 0.3) is 0 Å². The number of aromatic amines is 1. The van der Waals surface area contributed by atoms with E-state index >= 15 is 0 Å². The summed E-state index contributed by atoms with van der Waals surface area (Å²) in [5.41, 5.74) is 12.5. The lowest BCUT2D eigenvalue weighted by Crippen LogP contribution is -2.54. The number of nitrogens with zero attached hydrogens (tertiary/aromatic N) is 4. The highest BCUT2D eigenvalue weighted by atomic mass is 35.5. The highest BCUT2D eigenvalue weighted by molar-refractivity contribution is 6.31. The number of piperazine rings is 1. The number of rotatable bonds is 4. The van der Waals surface area contributed by atoms with Crippen molar-refractivity contribution in [2.45, 2.75) is 12.5 Å². The Labute approximate surface area is 144 Å². The summed E-state index contributed by atoms with van der Waals surface area (Å²) in [5.74, 6) is 0.773. The molecule has 0 saturated carbocycles. The van der Waals surface area contributed by atoms with Crippen molar-refractivity contribution < 1.29 is 4.79 Å². The van der Waals surface area contributed by atoms with Crippen molar-refractivity contribution >= 4 is 29.4 Å². The minimum Gasteiger partial charge on any atom is -0.368 e. The van der Waals surface area contributed by atoms with Gasteiger partial charge in [-0.1, -0.05) is 29.8 Å². The van der Waals surface area contributed by atoms with E-state index in [1.807, 2.05) is 23.1 Å². The Morgan fingerprint density at radius 2 is 2.00 bits per heavy atom. The van der Waals surface area contributed by atoms with Gasteiger partial charge in [-0.2, -0.15) is 4.98 Å².